The van der Waals surface area contributed by atoms with Crippen molar-refractivity contribution in [1.82, 2.24) is 0 Å². The van der Waals surface area contributed by atoms with Gasteiger partial charge in [0.15, 0.2) is 0 Å². The number of aliphatic hydroxyl groups is 1. The topological polar surface area (TPSA) is 98.3 Å². The summed E-state index contributed by atoms with van der Waals surface area (Å²) in [6.45, 7) is 8.21. The summed E-state index contributed by atoms with van der Waals surface area (Å²) in [7, 11) is 1.50. The fraction of sp³-hybridized carbons (Fsp3) is 0.304. The van der Waals surface area contributed by atoms with Gasteiger partial charge < -0.3 is 22.3 Å². The summed E-state index contributed by atoms with van der Waals surface area (Å²) in [4.78, 5) is 0. The molecule has 4 nitrogen and oxygen atoms in total. The summed E-state index contributed by atoms with van der Waals surface area (Å²) in [5.74, 6) is 0. The molecule has 0 aliphatic carbocycles. The van der Waals surface area contributed by atoms with Crippen LogP contribution in [0.4, 0.5) is 11.4 Å². The van der Waals surface area contributed by atoms with E-state index in [-0.39, 0.29) is 0 Å². The summed E-state index contributed by atoms with van der Waals surface area (Å²) in [5, 5.41) is 10.3. The normalized spacial score (nSPS) is 11.4. The van der Waals surface area contributed by atoms with Crippen molar-refractivity contribution in [2.75, 3.05) is 18.5 Å². The summed E-state index contributed by atoms with van der Waals surface area (Å²) in [5.41, 5.74) is 19.8. The molecular formula is C23H35N3O. The van der Waals surface area contributed by atoms with Crippen LogP contribution in [-0.2, 0) is 0 Å². The van der Waals surface area contributed by atoms with Gasteiger partial charge in [0.05, 0.1) is 6.10 Å². The number of nitrogens with two attached hydrogens (primary N) is 3. The molecule has 2 rings (SSSR count). The van der Waals surface area contributed by atoms with Crippen LogP contribution < -0.4 is 17.2 Å². The average Bonchev–Trinajstić information content (AvgIpc) is 2.70. The Hall–Kier alpha value is -2.56. The van der Waals surface area contributed by atoms with Gasteiger partial charge in [-0.2, -0.15) is 0 Å². The van der Waals surface area contributed by atoms with Crippen LogP contribution in [0, 0.1) is 0 Å². The van der Waals surface area contributed by atoms with Crippen molar-refractivity contribution in [3.63, 3.8) is 0 Å². The Morgan fingerprint density at radius 1 is 1.00 bits per heavy atom. The number of anilines is 2. The van der Waals surface area contributed by atoms with Gasteiger partial charge in [0, 0.05) is 16.9 Å². The third kappa shape index (κ3) is 9.08. The molecule has 0 heterocycles. The second-order valence-electron chi connectivity index (χ2n) is 5.88. The van der Waals surface area contributed by atoms with E-state index in [4.69, 9.17) is 11.5 Å². The maximum absolute atomic E-state index is 10.3. The molecule has 0 fully saturated rings. The molecule has 2 aromatic carbocycles. The van der Waals surface area contributed by atoms with E-state index in [1.807, 2.05) is 24.3 Å². The SMILES string of the molecule is C=C/C(=C/C(O)c1ccc(N)cc1)c1ccccc1N.CCCCC.CN. The van der Waals surface area contributed by atoms with Crippen LogP contribution in [0.25, 0.3) is 5.57 Å². The number of hydrogen-bond acceptors (Lipinski definition) is 4. The van der Waals surface area contributed by atoms with Gasteiger partial charge in [0.25, 0.3) is 0 Å². The van der Waals surface area contributed by atoms with Gasteiger partial charge in [0.2, 0.25) is 0 Å². The molecule has 0 radical (unpaired) electrons. The first-order valence-electron chi connectivity index (χ1n) is 9.33. The fourth-order valence-electron chi connectivity index (χ4n) is 2.34. The van der Waals surface area contributed by atoms with Crippen LogP contribution in [0.15, 0.2) is 67.3 Å². The molecule has 0 aliphatic rings. The minimum absolute atomic E-state index is 0.656. The van der Waals surface area contributed by atoms with E-state index in [1.165, 1.54) is 26.3 Å². The Labute approximate surface area is 164 Å². The molecule has 0 amide bonds. The molecule has 1 unspecified atom stereocenters. The summed E-state index contributed by atoms with van der Waals surface area (Å²) in [6, 6.07) is 14.6. The standard InChI is InChI=1S/C17H18N2O.C5H12.CH5N/c1-2-12(15-5-3-4-6-16(15)19)11-17(20)13-7-9-14(18)10-8-13;1-3-5-4-2;1-2/h2-11,17,20H,1,18-19H2;3-5H2,1-2H3;2H2,1H3/b12-11-;;. The maximum atomic E-state index is 10.3. The third-order valence-corrected chi connectivity index (χ3v) is 3.81. The van der Waals surface area contributed by atoms with Gasteiger partial charge in [-0.15, -0.1) is 0 Å². The van der Waals surface area contributed by atoms with E-state index in [1.54, 1.807) is 36.4 Å². The van der Waals surface area contributed by atoms with E-state index >= 15 is 0 Å². The van der Waals surface area contributed by atoms with Gasteiger partial charge in [-0.25, -0.2) is 0 Å². The lowest BCUT2D eigenvalue weighted by Crippen LogP contribution is -1.97. The molecule has 0 aromatic heterocycles. The molecule has 2 aromatic rings. The monoisotopic (exact) mass is 369 g/mol. The van der Waals surface area contributed by atoms with Crippen LogP contribution in [0.5, 0.6) is 0 Å². The van der Waals surface area contributed by atoms with Crippen molar-refractivity contribution in [3.8, 4) is 0 Å². The number of nitrogen functional groups attached to an aromatic ring is 2. The van der Waals surface area contributed by atoms with Crippen LogP contribution >= 0.6 is 0 Å². The zero-order valence-corrected chi connectivity index (χ0v) is 16.9. The van der Waals surface area contributed by atoms with E-state index < -0.39 is 6.10 Å². The van der Waals surface area contributed by atoms with Crippen molar-refractivity contribution in [1.29, 1.82) is 0 Å². The van der Waals surface area contributed by atoms with Crippen molar-refractivity contribution < 1.29 is 5.11 Å². The highest BCUT2D eigenvalue weighted by Crippen LogP contribution is 2.26. The van der Waals surface area contributed by atoms with Gasteiger partial charge in [0.1, 0.15) is 0 Å². The third-order valence-electron chi connectivity index (χ3n) is 3.81. The van der Waals surface area contributed by atoms with Gasteiger partial charge in [-0.1, -0.05) is 76.1 Å². The van der Waals surface area contributed by atoms with Crippen molar-refractivity contribution in [2.45, 2.75) is 39.2 Å². The molecule has 7 N–H and O–H groups in total. The van der Waals surface area contributed by atoms with E-state index in [9.17, 15) is 5.11 Å². The van der Waals surface area contributed by atoms with Crippen LogP contribution in [0.1, 0.15) is 50.3 Å². The number of benzene rings is 2. The number of para-hydroxylation sites is 1. The second-order valence-corrected chi connectivity index (χ2v) is 5.88. The Morgan fingerprint density at radius 3 is 2.00 bits per heavy atom. The molecule has 1 atom stereocenters. The van der Waals surface area contributed by atoms with Gasteiger partial charge >= 0.3 is 0 Å². The fourth-order valence-corrected chi connectivity index (χ4v) is 2.34. The first kappa shape index (κ1) is 24.4. The first-order chi connectivity index (χ1) is 13.0. The second kappa shape index (κ2) is 14.6. The molecule has 0 spiro atoms. The van der Waals surface area contributed by atoms with Gasteiger partial charge in [-0.05, 0) is 42.5 Å². The zero-order chi connectivity index (χ0) is 20.7. The van der Waals surface area contributed by atoms with E-state index in [2.05, 4.69) is 26.2 Å². The van der Waals surface area contributed by atoms with Crippen molar-refractivity contribution in [3.05, 3.63) is 78.4 Å². The quantitative estimate of drug-likeness (QED) is 0.429. The molecule has 0 saturated carbocycles. The van der Waals surface area contributed by atoms with E-state index in [0.717, 1.165) is 16.7 Å². The zero-order valence-electron chi connectivity index (χ0n) is 16.9. The minimum Gasteiger partial charge on any atom is -0.399 e. The average molecular weight is 370 g/mol. The van der Waals surface area contributed by atoms with Crippen LogP contribution in [0.2, 0.25) is 0 Å². The lowest BCUT2D eigenvalue weighted by Gasteiger charge is -2.11. The smallest absolute Gasteiger partial charge is 0.0980 e. The summed E-state index contributed by atoms with van der Waals surface area (Å²) >= 11 is 0. The molecule has 0 aliphatic heterocycles. The first-order valence-corrected chi connectivity index (χ1v) is 9.33. The Kier molecular flexibility index (Phi) is 13.2. The number of allylic oxidation sites excluding steroid dienone is 2. The maximum Gasteiger partial charge on any atom is 0.0980 e. The molecule has 0 saturated heterocycles. The van der Waals surface area contributed by atoms with E-state index in [0.29, 0.717) is 11.4 Å². The Bertz CT molecular complexity index is 676. The van der Waals surface area contributed by atoms with Crippen molar-refractivity contribution in [2.24, 2.45) is 5.73 Å². The predicted molar refractivity (Wildman–Crippen MR) is 120 cm³/mol. The highest BCUT2D eigenvalue weighted by atomic mass is 16.3. The minimum atomic E-state index is -0.733. The molecule has 148 valence electrons. The molecule has 0 bridgehead atoms. The molecule has 27 heavy (non-hydrogen) atoms. The number of aliphatic hydroxyl groups excluding tert-OH is 1. The lowest BCUT2D eigenvalue weighted by molar-refractivity contribution is 0.229. The highest BCUT2D eigenvalue weighted by molar-refractivity contribution is 5.81. The summed E-state index contributed by atoms with van der Waals surface area (Å²) < 4.78 is 0. The molecular weight excluding hydrogens is 334 g/mol. The summed E-state index contributed by atoms with van der Waals surface area (Å²) in [6.07, 6.45) is 6.76. The van der Waals surface area contributed by atoms with Crippen molar-refractivity contribution >= 4 is 16.9 Å². The largest absolute Gasteiger partial charge is 0.399 e. The molecule has 4 heteroatoms. The van der Waals surface area contributed by atoms with Crippen LogP contribution in [0.3, 0.4) is 0 Å². The number of rotatable bonds is 6. The van der Waals surface area contributed by atoms with Gasteiger partial charge in [-0.3, -0.25) is 0 Å². The number of hydrogen-bond donors (Lipinski definition) is 4. The Morgan fingerprint density at radius 2 is 1.56 bits per heavy atom. The highest BCUT2D eigenvalue weighted by Gasteiger charge is 2.08. The predicted octanol–water partition coefficient (Wildman–Crippen LogP) is 4.93. The number of unbranched alkanes of at least 4 members (excludes halogenated alkanes) is 2. The van der Waals surface area contributed by atoms with Crippen LogP contribution in [-0.4, -0.2) is 12.2 Å². The lowest BCUT2D eigenvalue weighted by atomic mass is 9.99. The Balaban J connectivity index is 0.000000838.